The van der Waals surface area contributed by atoms with Crippen molar-refractivity contribution in [3.63, 3.8) is 0 Å². The molecule has 2 bridgehead atoms. The summed E-state index contributed by atoms with van der Waals surface area (Å²) in [6, 6.07) is 91.1. The molecule has 4 heterocycles. The Balaban J connectivity index is 0.743. The van der Waals surface area contributed by atoms with E-state index in [4.69, 9.17) is 29.9 Å². The van der Waals surface area contributed by atoms with Crippen molar-refractivity contribution in [1.82, 2.24) is 29.9 Å². The number of hydrogen-bond donors (Lipinski definition) is 0. The summed E-state index contributed by atoms with van der Waals surface area (Å²) in [4.78, 5) is 31.3. The fourth-order valence-corrected chi connectivity index (χ4v) is 15.1. The topological polar surface area (TPSA) is 77.3 Å². The molecular weight excluding hydrogens is 1040 g/mol. The Kier molecular flexibility index (Phi) is 10.7. The largest absolute Gasteiger partial charge is 0.208 e. The molecule has 11 aromatic carbocycles. The maximum absolute atomic E-state index is 5.28. The number of nitrogens with zero attached hydrogens (tertiary/aromatic N) is 6. The summed E-state index contributed by atoms with van der Waals surface area (Å²) >= 11 is 3.68. The molecule has 2 unspecified atom stereocenters. The highest BCUT2D eigenvalue weighted by Gasteiger charge is 2.41. The van der Waals surface area contributed by atoms with Gasteiger partial charge in [-0.3, -0.25) is 0 Å². The van der Waals surface area contributed by atoms with Crippen molar-refractivity contribution in [1.29, 1.82) is 0 Å². The van der Waals surface area contributed by atoms with E-state index in [1.807, 2.05) is 59.1 Å². The van der Waals surface area contributed by atoms with Gasteiger partial charge in [0.1, 0.15) is 0 Å². The van der Waals surface area contributed by atoms with Gasteiger partial charge in [0.05, 0.1) is 0 Å². The van der Waals surface area contributed by atoms with Crippen LogP contribution in [0.2, 0.25) is 0 Å². The fourth-order valence-electron chi connectivity index (χ4n) is 12.8. The highest BCUT2D eigenvalue weighted by Crippen LogP contribution is 2.57. The number of fused-ring (bicyclic) bond motifs is 6. The summed E-state index contributed by atoms with van der Waals surface area (Å²) in [6.07, 6.45) is 0. The third kappa shape index (κ3) is 7.60. The Hall–Kier alpha value is -10.1. The van der Waals surface area contributed by atoms with E-state index >= 15 is 0 Å². The zero-order valence-electron chi connectivity index (χ0n) is 43.9. The predicted octanol–water partition coefficient (Wildman–Crippen LogP) is 19.1. The molecule has 0 N–H and O–H groups in total. The van der Waals surface area contributed by atoms with Gasteiger partial charge in [0.25, 0.3) is 0 Å². The van der Waals surface area contributed by atoms with Crippen LogP contribution in [-0.2, 0) is 0 Å². The highest BCUT2D eigenvalue weighted by atomic mass is 32.1. The Labute approximate surface area is 480 Å². The van der Waals surface area contributed by atoms with Gasteiger partial charge in [-0.25, -0.2) is 29.9 Å². The maximum Gasteiger partial charge on any atom is 0.164 e. The van der Waals surface area contributed by atoms with Gasteiger partial charge in [-0.15, -0.1) is 22.7 Å². The second-order valence-corrected chi connectivity index (χ2v) is 23.4. The monoisotopic (exact) mass is 1080 g/mol. The number of benzene rings is 11. The summed E-state index contributed by atoms with van der Waals surface area (Å²) < 4.78 is 5.17. The van der Waals surface area contributed by atoms with Crippen LogP contribution in [0, 0.1) is 0 Å². The van der Waals surface area contributed by atoms with Gasteiger partial charge >= 0.3 is 0 Å². The first-order chi connectivity index (χ1) is 40.6. The zero-order chi connectivity index (χ0) is 53.8. The molecule has 0 spiro atoms. The minimum absolute atomic E-state index is 0.00215. The summed E-state index contributed by atoms with van der Waals surface area (Å²) in [5.74, 6) is 3.80. The van der Waals surface area contributed by atoms with E-state index in [1.165, 1.54) is 84.9 Å². The molecule has 6 nitrogen and oxygen atoms in total. The van der Waals surface area contributed by atoms with E-state index in [1.54, 1.807) is 0 Å². The minimum atomic E-state index is -0.00215. The van der Waals surface area contributed by atoms with E-state index in [9.17, 15) is 0 Å². The van der Waals surface area contributed by atoms with Crippen LogP contribution >= 0.6 is 22.7 Å². The van der Waals surface area contributed by atoms with Crippen molar-refractivity contribution in [2.24, 2.45) is 0 Å². The van der Waals surface area contributed by atoms with Crippen LogP contribution in [-0.4, -0.2) is 29.9 Å². The molecule has 18 rings (SSSR count). The Morgan fingerprint density at radius 2 is 0.524 bits per heavy atom. The van der Waals surface area contributed by atoms with Gasteiger partial charge in [-0.1, -0.05) is 218 Å². The SMILES string of the molecule is c1ccc(-c2nc(-c3ccc(-c4cccc5sc6ccccc6c45)cc3)nc(-c3ccc4c(c3)C3c5ccccc5C4c4cc(-c5nc(-c6ccccc6)nc(-c6ccc(-c7cccc8sc9ccccc9c78)cc6)n5)ccc43)n2)cc1. The van der Waals surface area contributed by atoms with E-state index in [-0.39, 0.29) is 11.8 Å². The molecule has 0 saturated heterocycles. The molecule has 0 aliphatic heterocycles. The lowest BCUT2D eigenvalue weighted by Gasteiger charge is -2.42. The van der Waals surface area contributed by atoms with Crippen molar-refractivity contribution in [2.45, 2.75) is 11.8 Å². The molecule has 15 aromatic rings. The summed E-state index contributed by atoms with van der Waals surface area (Å²) in [6.45, 7) is 0. The van der Waals surface area contributed by atoms with Crippen molar-refractivity contribution in [3.05, 3.63) is 288 Å². The molecule has 3 aliphatic rings. The van der Waals surface area contributed by atoms with E-state index < -0.39 is 0 Å². The highest BCUT2D eigenvalue weighted by molar-refractivity contribution is 7.26. The first-order valence-corrected chi connectivity index (χ1v) is 29.3. The lowest BCUT2D eigenvalue weighted by Crippen LogP contribution is -2.27. The van der Waals surface area contributed by atoms with Gasteiger partial charge in [0.2, 0.25) is 0 Å². The van der Waals surface area contributed by atoms with E-state index in [2.05, 4.69) is 218 Å². The molecule has 0 saturated carbocycles. The lowest BCUT2D eigenvalue weighted by molar-refractivity contribution is 0.754. The van der Waals surface area contributed by atoms with Gasteiger partial charge in [-0.05, 0) is 92.0 Å². The van der Waals surface area contributed by atoms with Crippen LogP contribution < -0.4 is 0 Å². The van der Waals surface area contributed by atoms with Crippen molar-refractivity contribution in [3.8, 4) is 90.6 Å². The number of aromatic nitrogens is 6. The van der Waals surface area contributed by atoms with E-state index in [0.717, 1.165) is 44.5 Å². The number of thiophene rings is 2. The Morgan fingerprint density at radius 3 is 0.939 bits per heavy atom. The average Bonchev–Trinajstić information content (AvgIpc) is 3.58. The molecule has 8 heteroatoms. The Bertz CT molecular complexity index is 4730. The van der Waals surface area contributed by atoms with Crippen molar-refractivity contribution in [2.75, 3.05) is 0 Å². The molecule has 3 aliphatic carbocycles. The maximum atomic E-state index is 5.28. The van der Waals surface area contributed by atoms with Crippen molar-refractivity contribution >= 4 is 63.0 Å². The Morgan fingerprint density at radius 1 is 0.220 bits per heavy atom. The van der Waals surface area contributed by atoms with Crippen LogP contribution in [0.25, 0.3) is 131 Å². The molecule has 0 amide bonds. The van der Waals surface area contributed by atoms with Gasteiger partial charge in [-0.2, -0.15) is 0 Å². The van der Waals surface area contributed by atoms with E-state index in [0.29, 0.717) is 34.9 Å². The molecule has 82 heavy (non-hydrogen) atoms. The predicted molar refractivity (Wildman–Crippen MR) is 337 cm³/mol. The van der Waals surface area contributed by atoms with Crippen molar-refractivity contribution < 1.29 is 0 Å². The fraction of sp³-hybridized carbons (Fsp3) is 0.0270. The second kappa shape index (κ2) is 18.7. The second-order valence-electron chi connectivity index (χ2n) is 21.2. The smallest absolute Gasteiger partial charge is 0.164 e. The normalized spacial score (nSPS) is 14.1. The standard InChI is InChI=1S/C74H44N6S2/c1-3-15-45(16-4-1)69-75-71(47-33-29-43(30-34-47)51-23-13-27-63-67(51)57-21-9-11-25-61(57)81-63)79-73(77-69)49-37-39-55-59(41-49)65-53-19-7-8-20-54(53)66(55)60-42-50(38-40-56(60)65)74-78-70(46-17-5-2-6-18-46)76-72(80-74)48-35-31-44(32-36-48)52-24-14-28-64-68(52)58-22-10-12-26-62(58)82-64/h1-42,65-66H. The van der Waals surface area contributed by atoms with Gasteiger partial charge in [0, 0.05) is 85.6 Å². The first-order valence-electron chi connectivity index (χ1n) is 27.6. The average molecular weight is 1080 g/mol. The zero-order valence-corrected chi connectivity index (χ0v) is 45.5. The molecular formula is C74H44N6S2. The summed E-state index contributed by atoms with van der Waals surface area (Å²) in [5, 5.41) is 5.16. The number of hydrogen-bond acceptors (Lipinski definition) is 8. The third-order valence-corrected chi connectivity index (χ3v) is 18.9. The first kappa shape index (κ1) is 46.8. The summed E-state index contributed by atoms with van der Waals surface area (Å²) in [5.41, 5.74) is 18.1. The lowest BCUT2D eigenvalue weighted by atomic mass is 9.61. The number of rotatable bonds is 8. The third-order valence-electron chi connectivity index (χ3n) is 16.6. The molecule has 2 atom stereocenters. The van der Waals surface area contributed by atoms with Gasteiger partial charge in [0.15, 0.2) is 34.9 Å². The van der Waals surface area contributed by atoms with Crippen LogP contribution in [0.4, 0.5) is 0 Å². The summed E-state index contributed by atoms with van der Waals surface area (Å²) in [7, 11) is 0. The van der Waals surface area contributed by atoms with Crippen LogP contribution in [0.5, 0.6) is 0 Å². The van der Waals surface area contributed by atoms with Crippen LogP contribution in [0.3, 0.4) is 0 Å². The van der Waals surface area contributed by atoms with Crippen LogP contribution in [0.15, 0.2) is 255 Å². The molecule has 4 aromatic heterocycles. The minimum Gasteiger partial charge on any atom is -0.208 e. The molecule has 0 radical (unpaired) electrons. The van der Waals surface area contributed by atoms with Crippen LogP contribution in [0.1, 0.15) is 45.2 Å². The quantitative estimate of drug-likeness (QED) is 0.151. The molecule has 382 valence electrons. The molecule has 0 fully saturated rings. The van der Waals surface area contributed by atoms with Gasteiger partial charge < -0.3 is 0 Å².